The predicted molar refractivity (Wildman–Crippen MR) is 261 cm³/mol. The second-order valence-corrected chi connectivity index (χ2v) is 17.5. The normalized spacial score (nSPS) is 14.6. The predicted octanol–water partition coefficient (Wildman–Crippen LogP) is 13.7. The van der Waals surface area contributed by atoms with E-state index in [0.717, 1.165) is 77.0 Å². The standard InChI is InChI=1S/C52H84NO8P/c1-6-8-10-12-14-16-18-20-22-24-26-28-30-32-34-36-38-40-42-44-51(54)58-48-50(49-60-62(56,57)59-47-46-53(3,4)5)61-52(55)45-43-41-39-37-35-33-31-29-27-25-23-21-19-17-15-13-11-9-7-2/h8,10,14-17,20-23,26-29,32-35,38,40,50H,6-7,9,11-13,18-19,24-25,30-31,36-37,39,41-49H2,1-5H3/p+1/b10-8+,16-14+,17-15+,22-20+,23-21+,28-26+,29-27+,34-32+,35-33+,40-38+/t50-/m1/s1. The zero-order valence-electron chi connectivity index (χ0n) is 39.3. The Morgan fingerprint density at radius 3 is 1.40 bits per heavy atom. The molecule has 0 saturated carbocycles. The smallest absolute Gasteiger partial charge is 0.462 e. The summed E-state index contributed by atoms with van der Waals surface area (Å²) >= 11 is 0. The molecule has 62 heavy (non-hydrogen) atoms. The molecule has 0 amide bonds. The molecule has 0 aromatic heterocycles. The van der Waals surface area contributed by atoms with Crippen LogP contribution in [0, 0.1) is 0 Å². The van der Waals surface area contributed by atoms with Gasteiger partial charge in [-0.1, -0.05) is 155 Å². The first-order chi connectivity index (χ1) is 30.0. The van der Waals surface area contributed by atoms with Crippen molar-refractivity contribution in [2.75, 3.05) is 47.5 Å². The van der Waals surface area contributed by atoms with Crippen molar-refractivity contribution in [1.29, 1.82) is 0 Å². The van der Waals surface area contributed by atoms with E-state index in [9.17, 15) is 19.0 Å². The number of unbranched alkanes of at least 4 members (excludes halogenated alkanes) is 6. The molecule has 0 fully saturated rings. The molecule has 10 heteroatoms. The number of hydrogen-bond donors (Lipinski definition) is 1. The van der Waals surface area contributed by atoms with Crippen LogP contribution < -0.4 is 0 Å². The van der Waals surface area contributed by atoms with E-state index >= 15 is 0 Å². The number of quaternary nitrogens is 1. The number of likely N-dealkylation sites (N-methyl/N-ethyl adjacent to an activating group) is 1. The van der Waals surface area contributed by atoms with Crippen molar-refractivity contribution in [1.82, 2.24) is 0 Å². The number of nitrogens with zero attached hydrogens (tertiary/aromatic N) is 1. The van der Waals surface area contributed by atoms with Crippen LogP contribution in [0.15, 0.2) is 122 Å². The molecule has 9 nitrogen and oxygen atoms in total. The van der Waals surface area contributed by atoms with Crippen molar-refractivity contribution in [2.45, 2.75) is 148 Å². The van der Waals surface area contributed by atoms with E-state index in [1.165, 1.54) is 25.7 Å². The second kappa shape index (κ2) is 42.7. The molecule has 0 rings (SSSR count). The van der Waals surface area contributed by atoms with Gasteiger partial charge in [-0.3, -0.25) is 18.6 Å². The van der Waals surface area contributed by atoms with Crippen LogP contribution in [0.25, 0.3) is 0 Å². The Hall–Kier alpha value is -3.59. The fourth-order valence-corrected chi connectivity index (χ4v) is 6.12. The third-order valence-electron chi connectivity index (χ3n) is 8.99. The van der Waals surface area contributed by atoms with Crippen molar-refractivity contribution in [3.63, 3.8) is 0 Å². The van der Waals surface area contributed by atoms with Crippen LogP contribution in [0.1, 0.15) is 142 Å². The molecule has 0 aliphatic carbocycles. The van der Waals surface area contributed by atoms with Crippen LogP contribution >= 0.6 is 7.82 Å². The molecule has 0 aromatic rings. The van der Waals surface area contributed by atoms with E-state index in [-0.39, 0.29) is 26.1 Å². The fourth-order valence-electron chi connectivity index (χ4n) is 5.37. The highest BCUT2D eigenvalue weighted by Crippen LogP contribution is 2.43. The van der Waals surface area contributed by atoms with Crippen molar-refractivity contribution in [3.8, 4) is 0 Å². The van der Waals surface area contributed by atoms with Gasteiger partial charge in [0.05, 0.1) is 27.7 Å². The molecule has 1 N–H and O–H groups in total. The molecular formula is C52H85NO8P+. The summed E-state index contributed by atoms with van der Waals surface area (Å²) in [5.41, 5.74) is 0. The maximum Gasteiger partial charge on any atom is 0.472 e. The minimum atomic E-state index is -4.41. The number of ether oxygens (including phenoxy) is 2. The lowest BCUT2D eigenvalue weighted by molar-refractivity contribution is -0.870. The zero-order chi connectivity index (χ0) is 45.7. The summed E-state index contributed by atoms with van der Waals surface area (Å²) in [7, 11) is 1.39. The molecule has 0 spiro atoms. The second-order valence-electron chi connectivity index (χ2n) is 16.0. The van der Waals surface area contributed by atoms with Gasteiger partial charge in [0.25, 0.3) is 0 Å². The Morgan fingerprint density at radius 1 is 0.516 bits per heavy atom. The number of phosphoric acid groups is 1. The van der Waals surface area contributed by atoms with Gasteiger partial charge >= 0.3 is 19.8 Å². The van der Waals surface area contributed by atoms with Crippen LogP contribution in [0.3, 0.4) is 0 Å². The molecule has 0 aliphatic heterocycles. The van der Waals surface area contributed by atoms with Crippen LogP contribution in [0.2, 0.25) is 0 Å². The summed E-state index contributed by atoms with van der Waals surface area (Å²) in [5.74, 6) is -0.946. The van der Waals surface area contributed by atoms with Gasteiger partial charge in [0, 0.05) is 12.8 Å². The summed E-state index contributed by atoms with van der Waals surface area (Å²) in [6, 6.07) is 0. The highest BCUT2D eigenvalue weighted by atomic mass is 31.2. The van der Waals surface area contributed by atoms with Gasteiger partial charge in [-0.05, 0) is 96.3 Å². The highest BCUT2D eigenvalue weighted by molar-refractivity contribution is 7.47. The van der Waals surface area contributed by atoms with E-state index in [1.54, 1.807) is 0 Å². The molecule has 0 aromatic carbocycles. The molecule has 0 radical (unpaired) electrons. The van der Waals surface area contributed by atoms with Crippen LogP contribution in [0.4, 0.5) is 0 Å². The van der Waals surface area contributed by atoms with Gasteiger partial charge in [-0.2, -0.15) is 0 Å². The van der Waals surface area contributed by atoms with Gasteiger partial charge in [0.15, 0.2) is 6.10 Å². The zero-order valence-corrected chi connectivity index (χ0v) is 40.2. The van der Waals surface area contributed by atoms with Crippen molar-refractivity contribution in [2.24, 2.45) is 0 Å². The molecule has 0 bridgehead atoms. The number of hydrogen-bond acceptors (Lipinski definition) is 7. The minimum absolute atomic E-state index is 0.00632. The Bertz CT molecular complexity index is 1460. The van der Waals surface area contributed by atoms with Gasteiger partial charge in [0.2, 0.25) is 0 Å². The van der Waals surface area contributed by atoms with E-state index in [4.69, 9.17) is 18.5 Å². The third kappa shape index (κ3) is 45.9. The molecule has 0 heterocycles. The first kappa shape index (κ1) is 58.4. The van der Waals surface area contributed by atoms with Crippen LogP contribution in [-0.2, 0) is 32.7 Å². The SMILES string of the molecule is CC/C=C/C/C=C/C/C=C/C/C=C/C/C=C/C/C=C/CCC(=O)OC[C@H](COP(=O)(O)OCC[N+](C)(C)C)OC(=O)CCCCC/C=C/C/C=C/C/C=C/C/C=C/CCCCC. The summed E-state index contributed by atoms with van der Waals surface area (Å²) in [6.45, 7) is 4.12. The summed E-state index contributed by atoms with van der Waals surface area (Å²) in [5, 5.41) is 0. The summed E-state index contributed by atoms with van der Waals surface area (Å²) < 4.78 is 34.2. The lowest BCUT2D eigenvalue weighted by Gasteiger charge is -2.24. The van der Waals surface area contributed by atoms with E-state index in [2.05, 4.69) is 123 Å². The van der Waals surface area contributed by atoms with Crippen molar-refractivity contribution >= 4 is 19.8 Å². The Labute approximate surface area is 378 Å². The molecule has 2 atom stereocenters. The summed E-state index contributed by atoms with van der Waals surface area (Å²) in [6.07, 6.45) is 59.8. The van der Waals surface area contributed by atoms with E-state index in [0.29, 0.717) is 23.9 Å². The molecular weight excluding hydrogens is 798 g/mol. The van der Waals surface area contributed by atoms with Gasteiger partial charge in [-0.25, -0.2) is 4.57 Å². The third-order valence-corrected chi connectivity index (χ3v) is 9.97. The first-order valence-electron chi connectivity index (χ1n) is 23.3. The van der Waals surface area contributed by atoms with Gasteiger partial charge in [-0.15, -0.1) is 0 Å². The van der Waals surface area contributed by atoms with Crippen LogP contribution in [0.5, 0.6) is 0 Å². The number of phosphoric ester groups is 1. The monoisotopic (exact) mass is 883 g/mol. The van der Waals surface area contributed by atoms with Gasteiger partial charge < -0.3 is 18.9 Å². The average Bonchev–Trinajstić information content (AvgIpc) is 3.23. The lowest BCUT2D eigenvalue weighted by Crippen LogP contribution is -2.37. The van der Waals surface area contributed by atoms with Crippen LogP contribution in [-0.4, -0.2) is 74.9 Å². The number of allylic oxidation sites excluding steroid dienone is 20. The lowest BCUT2D eigenvalue weighted by atomic mass is 10.1. The maximum absolute atomic E-state index is 12.7. The van der Waals surface area contributed by atoms with E-state index < -0.39 is 32.5 Å². The van der Waals surface area contributed by atoms with Gasteiger partial charge in [0.1, 0.15) is 19.8 Å². The Morgan fingerprint density at radius 2 is 0.952 bits per heavy atom. The average molecular weight is 883 g/mol. The largest absolute Gasteiger partial charge is 0.472 e. The molecule has 0 saturated heterocycles. The van der Waals surface area contributed by atoms with E-state index in [1.807, 2.05) is 33.3 Å². The fraction of sp³-hybridized carbons (Fsp3) is 0.577. The summed E-state index contributed by atoms with van der Waals surface area (Å²) in [4.78, 5) is 35.4. The number of esters is 2. The number of carbonyl (C=O) groups is 2. The molecule has 0 aliphatic rings. The Kier molecular flexibility index (Phi) is 40.2. The molecule has 350 valence electrons. The maximum atomic E-state index is 12.7. The highest BCUT2D eigenvalue weighted by Gasteiger charge is 2.27. The quantitative estimate of drug-likeness (QED) is 0.0213. The first-order valence-corrected chi connectivity index (χ1v) is 24.8. The minimum Gasteiger partial charge on any atom is -0.462 e. The topological polar surface area (TPSA) is 108 Å². The van der Waals surface area contributed by atoms with Crippen molar-refractivity contribution in [3.05, 3.63) is 122 Å². The Balaban J connectivity index is 4.54. The number of rotatable bonds is 40. The van der Waals surface area contributed by atoms with Crippen molar-refractivity contribution < 1.29 is 42.1 Å². The molecule has 1 unspecified atom stereocenters. The number of carbonyl (C=O) groups excluding carboxylic acids is 2.